The Bertz CT molecular complexity index is 348. The molecular weight excluding hydrogens is 264 g/mol. The molecule has 0 aliphatic heterocycles. The van der Waals surface area contributed by atoms with Gasteiger partial charge in [0.15, 0.2) is 6.04 Å². The second kappa shape index (κ2) is 9.27. The van der Waals surface area contributed by atoms with Crippen LogP contribution >= 0.6 is 0 Å². The number of aliphatic carboxylic acids is 1. The third-order valence-electron chi connectivity index (χ3n) is 2.89. The van der Waals surface area contributed by atoms with Crippen LogP contribution in [0.5, 0.6) is 0 Å². The first-order chi connectivity index (χ1) is 9.29. The summed E-state index contributed by atoms with van der Waals surface area (Å²) in [6.45, 7) is 3.59. The molecule has 0 aliphatic rings. The van der Waals surface area contributed by atoms with Crippen molar-refractivity contribution >= 4 is 17.8 Å². The van der Waals surface area contributed by atoms with E-state index in [0.717, 1.165) is 19.4 Å². The van der Waals surface area contributed by atoms with Gasteiger partial charge in [-0.3, -0.25) is 9.59 Å². The third-order valence-corrected chi connectivity index (χ3v) is 2.89. The second-order valence-electron chi connectivity index (χ2n) is 4.83. The van der Waals surface area contributed by atoms with E-state index in [4.69, 9.17) is 0 Å². The maximum atomic E-state index is 11.8. The highest BCUT2D eigenvalue weighted by molar-refractivity contribution is 5.90. The largest absolute Gasteiger partial charge is 0.548 e. The Balaban J connectivity index is 4.17. The number of hydrogen-bond donors (Lipinski definition) is 4. The van der Waals surface area contributed by atoms with Gasteiger partial charge in [0, 0.05) is 6.42 Å². The standard InChI is InChI=1S/C12H24N4O4/c1-7(10(17)16-8(2)12(19)20)15-11(18)9(14)5-3-4-6-13/h7-9H,3-6,13-14H2,1-2H3,(H,15,18)(H,16,17)(H,19,20)/p+1/t7-,8-,9-/m0/s1. The number of unbranched alkanes of at least 4 members (excludes halogenated alkanes) is 1. The molecule has 8 N–H and O–H groups in total. The number of carboxylic acid groups (broad SMARTS) is 1. The van der Waals surface area contributed by atoms with E-state index in [9.17, 15) is 19.5 Å². The molecule has 3 atom stereocenters. The van der Waals surface area contributed by atoms with E-state index < -0.39 is 30.0 Å². The first-order valence-corrected chi connectivity index (χ1v) is 6.73. The molecule has 8 heteroatoms. The van der Waals surface area contributed by atoms with Crippen LogP contribution < -0.4 is 27.2 Å². The summed E-state index contributed by atoms with van der Waals surface area (Å²) in [5, 5.41) is 15.2. The Morgan fingerprint density at radius 1 is 1.05 bits per heavy atom. The summed E-state index contributed by atoms with van der Waals surface area (Å²) in [4.78, 5) is 33.9. The number of carbonyl (C=O) groups excluding carboxylic acids is 3. The van der Waals surface area contributed by atoms with Crippen molar-refractivity contribution in [1.82, 2.24) is 10.6 Å². The van der Waals surface area contributed by atoms with Crippen LogP contribution in [0.3, 0.4) is 0 Å². The molecule has 0 heterocycles. The van der Waals surface area contributed by atoms with Crippen molar-refractivity contribution in [3.05, 3.63) is 0 Å². The van der Waals surface area contributed by atoms with Gasteiger partial charge in [-0.2, -0.15) is 0 Å². The fraction of sp³-hybridized carbons (Fsp3) is 0.750. The van der Waals surface area contributed by atoms with Gasteiger partial charge in [0.05, 0.1) is 18.6 Å². The van der Waals surface area contributed by atoms with Crippen molar-refractivity contribution in [2.45, 2.75) is 51.2 Å². The highest BCUT2D eigenvalue weighted by Gasteiger charge is 2.22. The van der Waals surface area contributed by atoms with E-state index in [2.05, 4.69) is 22.1 Å². The van der Waals surface area contributed by atoms with Crippen molar-refractivity contribution in [3.8, 4) is 0 Å². The third kappa shape index (κ3) is 7.05. The average Bonchev–Trinajstić information content (AvgIpc) is 2.38. The zero-order chi connectivity index (χ0) is 15.7. The van der Waals surface area contributed by atoms with Crippen molar-refractivity contribution in [2.24, 2.45) is 0 Å². The van der Waals surface area contributed by atoms with Crippen molar-refractivity contribution in [1.29, 1.82) is 0 Å². The van der Waals surface area contributed by atoms with Crippen LogP contribution in [-0.4, -0.2) is 42.5 Å². The fourth-order valence-corrected chi connectivity index (χ4v) is 1.49. The maximum absolute atomic E-state index is 11.8. The summed E-state index contributed by atoms with van der Waals surface area (Å²) in [6.07, 6.45) is 2.41. The van der Waals surface area contributed by atoms with E-state index in [1.165, 1.54) is 13.8 Å². The minimum Gasteiger partial charge on any atom is -0.548 e. The second-order valence-corrected chi connectivity index (χ2v) is 4.83. The van der Waals surface area contributed by atoms with Gasteiger partial charge in [0.25, 0.3) is 5.91 Å². The number of rotatable bonds is 9. The maximum Gasteiger partial charge on any atom is 0.278 e. The van der Waals surface area contributed by atoms with Crippen LogP contribution in [0.15, 0.2) is 0 Å². The van der Waals surface area contributed by atoms with Gasteiger partial charge in [0.1, 0.15) is 6.04 Å². The topological polar surface area (TPSA) is 154 Å². The number of quaternary nitrogens is 2. The van der Waals surface area contributed by atoms with Crippen LogP contribution in [0.4, 0.5) is 0 Å². The Morgan fingerprint density at radius 2 is 1.60 bits per heavy atom. The van der Waals surface area contributed by atoms with Crippen molar-refractivity contribution < 1.29 is 31.0 Å². The van der Waals surface area contributed by atoms with E-state index in [-0.39, 0.29) is 5.91 Å². The lowest BCUT2D eigenvalue weighted by Crippen LogP contribution is -2.68. The zero-order valence-electron chi connectivity index (χ0n) is 12.1. The first-order valence-electron chi connectivity index (χ1n) is 6.73. The van der Waals surface area contributed by atoms with Crippen LogP contribution in [0.1, 0.15) is 33.1 Å². The fourth-order valence-electron chi connectivity index (χ4n) is 1.49. The highest BCUT2D eigenvalue weighted by Crippen LogP contribution is 1.97. The summed E-state index contributed by atoms with van der Waals surface area (Å²) in [5.41, 5.74) is 7.46. The smallest absolute Gasteiger partial charge is 0.278 e. The monoisotopic (exact) mass is 289 g/mol. The molecule has 2 amide bonds. The van der Waals surface area contributed by atoms with Gasteiger partial charge in [-0.05, 0) is 26.7 Å². The highest BCUT2D eigenvalue weighted by atomic mass is 16.4. The summed E-state index contributed by atoms with van der Waals surface area (Å²) in [6, 6.07) is -2.36. The average molecular weight is 289 g/mol. The van der Waals surface area contributed by atoms with Gasteiger partial charge >= 0.3 is 0 Å². The number of nitrogens with one attached hydrogen (secondary N) is 2. The Kier molecular flexibility index (Phi) is 8.49. The molecule has 8 nitrogen and oxygen atoms in total. The quantitative estimate of drug-likeness (QED) is 0.317. The molecule has 0 bridgehead atoms. The van der Waals surface area contributed by atoms with Gasteiger partial charge in [-0.25, -0.2) is 0 Å². The van der Waals surface area contributed by atoms with Crippen molar-refractivity contribution in [3.63, 3.8) is 0 Å². The summed E-state index contributed by atoms with van der Waals surface area (Å²) >= 11 is 0. The molecule has 0 radical (unpaired) electrons. The molecule has 0 fully saturated rings. The van der Waals surface area contributed by atoms with Crippen LogP contribution in [-0.2, 0) is 14.4 Å². The Hall–Kier alpha value is -1.67. The molecule has 0 unspecified atom stereocenters. The molecule has 116 valence electrons. The number of amides is 2. The number of carbonyl (C=O) groups is 3. The van der Waals surface area contributed by atoms with Crippen molar-refractivity contribution in [2.75, 3.05) is 6.54 Å². The first kappa shape index (κ1) is 18.3. The lowest BCUT2D eigenvalue weighted by atomic mass is 10.1. The molecule has 0 aliphatic carbocycles. The van der Waals surface area contributed by atoms with Crippen LogP contribution in [0.25, 0.3) is 0 Å². The lowest BCUT2D eigenvalue weighted by molar-refractivity contribution is -0.406. The SMILES string of the molecule is C[C@H](NC(=O)[C@H](C)NC(=O)[C@@H]([NH3+])CCCC[NH3+])C(=O)[O-]. The minimum atomic E-state index is -1.37. The summed E-state index contributed by atoms with van der Waals surface area (Å²) in [5.74, 6) is -2.27. The molecule has 0 aromatic heterocycles. The van der Waals surface area contributed by atoms with E-state index in [0.29, 0.717) is 6.42 Å². The molecule has 0 rings (SSSR count). The normalized spacial score (nSPS) is 15.0. The molecule has 0 spiro atoms. The lowest BCUT2D eigenvalue weighted by Gasteiger charge is -2.19. The number of carboxylic acids is 1. The predicted molar refractivity (Wildman–Crippen MR) is 68.5 cm³/mol. The summed E-state index contributed by atoms with van der Waals surface area (Å²) < 4.78 is 0. The Labute approximate surface area is 118 Å². The van der Waals surface area contributed by atoms with Crippen LogP contribution in [0, 0.1) is 0 Å². The molecule has 0 saturated heterocycles. The van der Waals surface area contributed by atoms with E-state index in [1.54, 1.807) is 0 Å². The van der Waals surface area contributed by atoms with E-state index in [1.807, 2.05) is 0 Å². The molecule has 20 heavy (non-hydrogen) atoms. The molecule has 0 aromatic carbocycles. The Morgan fingerprint density at radius 3 is 2.10 bits per heavy atom. The number of hydrogen-bond acceptors (Lipinski definition) is 4. The molecule has 0 aromatic rings. The van der Waals surface area contributed by atoms with E-state index >= 15 is 0 Å². The van der Waals surface area contributed by atoms with Gasteiger partial charge in [-0.15, -0.1) is 0 Å². The molecule has 0 saturated carbocycles. The van der Waals surface area contributed by atoms with Gasteiger partial charge in [-0.1, -0.05) is 0 Å². The van der Waals surface area contributed by atoms with Gasteiger partial charge in [0.2, 0.25) is 5.91 Å². The van der Waals surface area contributed by atoms with Gasteiger partial charge < -0.3 is 32.0 Å². The minimum absolute atomic E-state index is 0.321. The predicted octanol–water partition coefficient (Wildman–Crippen LogP) is -4.23. The van der Waals surface area contributed by atoms with Crippen LogP contribution in [0.2, 0.25) is 0 Å². The molecular formula is C12H25N4O4+. The zero-order valence-corrected chi connectivity index (χ0v) is 12.1. The summed E-state index contributed by atoms with van der Waals surface area (Å²) in [7, 11) is 0.